The van der Waals surface area contributed by atoms with Gasteiger partial charge in [-0.25, -0.2) is 0 Å². The summed E-state index contributed by atoms with van der Waals surface area (Å²) in [4.78, 5) is 0. The molecule has 0 aliphatic rings. The molecule has 5 heteroatoms. The van der Waals surface area contributed by atoms with Crippen LogP contribution in [0, 0.1) is 6.92 Å². The van der Waals surface area contributed by atoms with E-state index in [1.807, 2.05) is 31.2 Å². The lowest BCUT2D eigenvalue weighted by molar-refractivity contribution is 0.460. The van der Waals surface area contributed by atoms with E-state index < -0.39 is 0 Å². The van der Waals surface area contributed by atoms with Crippen molar-refractivity contribution in [3.05, 3.63) is 40.0 Å². The lowest BCUT2D eigenvalue weighted by Gasteiger charge is -2.05. The number of hydrogen-bond acceptors (Lipinski definition) is 3. The number of benzene rings is 1. The quantitative estimate of drug-likeness (QED) is 0.909. The van der Waals surface area contributed by atoms with Crippen LogP contribution >= 0.6 is 15.9 Å². The van der Waals surface area contributed by atoms with Gasteiger partial charge in [-0.15, -0.1) is 5.10 Å². The Bertz CT molecular complexity index is 496. The molecule has 0 radical (unpaired) electrons. The Kier molecular flexibility index (Phi) is 3.26. The first-order chi connectivity index (χ1) is 7.67. The van der Waals surface area contributed by atoms with Crippen LogP contribution in [-0.2, 0) is 6.54 Å². The van der Waals surface area contributed by atoms with E-state index in [-0.39, 0.29) is 0 Å². The largest absolute Gasteiger partial charge is 0.437 e. The van der Waals surface area contributed by atoms with Crippen LogP contribution < -0.4 is 10.5 Å². The Hall–Kier alpha value is -1.33. The summed E-state index contributed by atoms with van der Waals surface area (Å²) in [6, 6.07) is 7.57. The summed E-state index contributed by atoms with van der Waals surface area (Å²) >= 11 is 3.41. The topological polar surface area (TPSA) is 63.9 Å². The fourth-order valence-electron chi connectivity index (χ4n) is 1.36. The van der Waals surface area contributed by atoms with Gasteiger partial charge in [0.1, 0.15) is 5.75 Å². The molecule has 84 valence electrons. The second kappa shape index (κ2) is 4.67. The summed E-state index contributed by atoms with van der Waals surface area (Å²) in [5.41, 5.74) is 7.56. The first-order valence-electron chi connectivity index (χ1n) is 4.87. The minimum absolute atomic E-state index is 0.482. The van der Waals surface area contributed by atoms with Crippen LogP contribution in [0.4, 0.5) is 0 Å². The van der Waals surface area contributed by atoms with E-state index in [1.54, 1.807) is 0 Å². The van der Waals surface area contributed by atoms with Crippen molar-refractivity contribution in [3.63, 3.8) is 0 Å². The molecule has 1 aromatic heterocycles. The monoisotopic (exact) mass is 281 g/mol. The van der Waals surface area contributed by atoms with Crippen molar-refractivity contribution in [2.75, 3.05) is 0 Å². The molecule has 16 heavy (non-hydrogen) atoms. The molecule has 3 N–H and O–H groups in total. The number of halogens is 1. The number of nitrogens with two attached hydrogens (primary N) is 1. The maximum atomic E-state index is 5.59. The predicted octanol–water partition coefficient (Wildman–Crippen LogP) is 2.73. The van der Waals surface area contributed by atoms with Crippen molar-refractivity contribution in [2.24, 2.45) is 5.73 Å². The molecule has 0 saturated heterocycles. The number of aromatic amines is 1. The molecule has 2 rings (SSSR count). The van der Waals surface area contributed by atoms with Crippen LogP contribution in [0.2, 0.25) is 0 Å². The Labute approximate surface area is 102 Å². The van der Waals surface area contributed by atoms with Crippen molar-refractivity contribution < 1.29 is 4.74 Å². The summed E-state index contributed by atoms with van der Waals surface area (Å²) in [5.74, 6) is 1.28. The Morgan fingerprint density at radius 1 is 1.38 bits per heavy atom. The van der Waals surface area contributed by atoms with Gasteiger partial charge in [-0.3, -0.25) is 5.10 Å². The van der Waals surface area contributed by atoms with Crippen LogP contribution in [0.5, 0.6) is 11.6 Å². The third-order valence-electron chi connectivity index (χ3n) is 2.07. The molecule has 0 saturated carbocycles. The minimum Gasteiger partial charge on any atom is -0.437 e. The Balaban J connectivity index is 2.24. The second-order valence-corrected chi connectivity index (χ2v) is 4.41. The summed E-state index contributed by atoms with van der Waals surface area (Å²) in [7, 11) is 0. The number of aromatic nitrogens is 2. The summed E-state index contributed by atoms with van der Waals surface area (Å²) in [5, 5.41) is 6.82. The molecule has 0 aliphatic carbocycles. The fraction of sp³-hybridized carbons (Fsp3) is 0.182. The fourth-order valence-corrected chi connectivity index (χ4v) is 1.88. The summed E-state index contributed by atoms with van der Waals surface area (Å²) in [6.07, 6.45) is 0. The summed E-state index contributed by atoms with van der Waals surface area (Å²) in [6.45, 7) is 2.40. The number of hydrogen-bond donors (Lipinski definition) is 2. The highest BCUT2D eigenvalue weighted by Crippen LogP contribution is 2.25. The molecule has 0 bridgehead atoms. The highest BCUT2D eigenvalue weighted by Gasteiger charge is 2.03. The first-order valence-corrected chi connectivity index (χ1v) is 5.66. The van der Waals surface area contributed by atoms with Gasteiger partial charge in [0.15, 0.2) is 0 Å². The molecule has 0 spiro atoms. The number of ether oxygens (including phenoxy) is 1. The van der Waals surface area contributed by atoms with E-state index >= 15 is 0 Å². The van der Waals surface area contributed by atoms with Gasteiger partial charge in [0.2, 0.25) is 5.88 Å². The lowest BCUT2D eigenvalue weighted by Crippen LogP contribution is -1.96. The van der Waals surface area contributed by atoms with Crippen molar-refractivity contribution >= 4 is 15.9 Å². The Morgan fingerprint density at radius 2 is 2.19 bits per heavy atom. The van der Waals surface area contributed by atoms with Crippen LogP contribution in [0.15, 0.2) is 28.7 Å². The molecular formula is C11H12BrN3O. The van der Waals surface area contributed by atoms with E-state index in [0.717, 1.165) is 21.5 Å². The molecule has 1 heterocycles. The Morgan fingerprint density at radius 3 is 2.81 bits per heavy atom. The third kappa shape index (κ3) is 2.62. The molecule has 0 aliphatic heterocycles. The zero-order valence-corrected chi connectivity index (χ0v) is 10.4. The van der Waals surface area contributed by atoms with Gasteiger partial charge in [0.25, 0.3) is 0 Å². The van der Waals surface area contributed by atoms with Gasteiger partial charge < -0.3 is 10.5 Å². The van der Waals surface area contributed by atoms with Gasteiger partial charge in [-0.2, -0.15) is 0 Å². The zero-order chi connectivity index (χ0) is 11.5. The maximum Gasteiger partial charge on any atom is 0.238 e. The number of H-pyrrole nitrogens is 1. The normalized spacial score (nSPS) is 10.4. The highest BCUT2D eigenvalue weighted by molar-refractivity contribution is 9.10. The molecular weight excluding hydrogens is 270 g/mol. The van der Waals surface area contributed by atoms with Gasteiger partial charge in [-0.05, 0) is 30.7 Å². The SMILES string of the molecule is Cc1cc(Oc2cc(Br)cc(CN)c2)n[nH]1. The van der Waals surface area contributed by atoms with Crippen molar-refractivity contribution in [1.29, 1.82) is 0 Å². The van der Waals surface area contributed by atoms with Crippen LogP contribution in [-0.4, -0.2) is 10.2 Å². The number of nitrogens with one attached hydrogen (secondary N) is 1. The number of rotatable bonds is 3. The van der Waals surface area contributed by atoms with E-state index in [2.05, 4.69) is 26.1 Å². The van der Waals surface area contributed by atoms with Crippen LogP contribution in [0.25, 0.3) is 0 Å². The van der Waals surface area contributed by atoms with E-state index in [0.29, 0.717) is 12.4 Å². The summed E-state index contributed by atoms with van der Waals surface area (Å²) < 4.78 is 6.54. The smallest absolute Gasteiger partial charge is 0.238 e. The molecule has 0 fully saturated rings. The van der Waals surface area contributed by atoms with Gasteiger partial charge in [0.05, 0.1) is 0 Å². The van der Waals surface area contributed by atoms with E-state index in [9.17, 15) is 0 Å². The van der Waals surface area contributed by atoms with Gasteiger partial charge in [-0.1, -0.05) is 15.9 Å². The first kappa shape index (κ1) is 11.2. The molecule has 1 aromatic carbocycles. The van der Waals surface area contributed by atoms with Crippen molar-refractivity contribution in [1.82, 2.24) is 10.2 Å². The average molecular weight is 282 g/mol. The van der Waals surface area contributed by atoms with Crippen LogP contribution in [0.3, 0.4) is 0 Å². The highest BCUT2D eigenvalue weighted by atomic mass is 79.9. The van der Waals surface area contributed by atoms with E-state index in [4.69, 9.17) is 10.5 Å². The lowest BCUT2D eigenvalue weighted by atomic mass is 10.2. The van der Waals surface area contributed by atoms with Crippen molar-refractivity contribution in [2.45, 2.75) is 13.5 Å². The predicted molar refractivity (Wildman–Crippen MR) is 65.4 cm³/mol. The molecule has 4 nitrogen and oxygen atoms in total. The van der Waals surface area contributed by atoms with E-state index in [1.165, 1.54) is 0 Å². The van der Waals surface area contributed by atoms with Gasteiger partial charge in [0, 0.05) is 22.8 Å². The maximum absolute atomic E-state index is 5.59. The standard InChI is InChI=1S/C11H12BrN3O/c1-7-2-11(15-14-7)16-10-4-8(6-13)3-9(12)5-10/h2-5H,6,13H2,1H3,(H,14,15). The third-order valence-corrected chi connectivity index (χ3v) is 2.53. The number of nitrogens with zero attached hydrogens (tertiary/aromatic N) is 1. The molecule has 0 amide bonds. The number of aryl methyl sites for hydroxylation is 1. The molecule has 2 aromatic rings. The second-order valence-electron chi connectivity index (χ2n) is 3.49. The van der Waals surface area contributed by atoms with Crippen LogP contribution in [0.1, 0.15) is 11.3 Å². The van der Waals surface area contributed by atoms with Crippen molar-refractivity contribution in [3.8, 4) is 11.6 Å². The minimum atomic E-state index is 0.482. The molecule has 0 unspecified atom stereocenters. The van der Waals surface area contributed by atoms with Gasteiger partial charge >= 0.3 is 0 Å². The molecule has 0 atom stereocenters. The average Bonchev–Trinajstić information content (AvgIpc) is 2.63. The zero-order valence-electron chi connectivity index (χ0n) is 8.83.